The van der Waals surface area contributed by atoms with Crippen LogP contribution in [0.25, 0.3) is 0 Å². The summed E-state index contributed by atoms with van der Waals surface area (Å²) in [6, 6.07) is 8.40. The van der Waals surface area contributed by atoms with Crippen molar-refractivity contribution in [1.29, 1.82) is 0 Å². The number of hydrogen-bond donors (Lipinski definition) is 2. The molecule has 0 bridgehead atoms. The average molecular weight is 291 g/mol. The minimum atomic E-state index is -0.159. The fourth-order valence-electron chi connectivity index (χ4n) is 3.28. The van der Waals surface area contributed by atoms with Gasteiger partial charge in [-0.15, -0.1) is 0 Å². The Morgan fingerprint density at radius 2 is 2.24 bits per heavy atom. The maximum atomic E-state index is 9.76. The van der Waals surface area contributed by atoms with Gasteiger partial charge in [-0.2, -0.15) is 0 Å². The van der Waals surface area contributed by atoms with Crippen molar-refractivity contribution < 1.29 is 9.84 Å². The van der Waals surface area contributed by atoms with Crippen LogP contribution in [0.1, 0.15) is 57.9 Å². The molecule has 0 amide bonds. The van der Waals surface area contributed by atoms with E-state index in [1.54, 1.807) is 0 Å². The number of aliphatic hydroxyl groups excluding tert-OH is 1. The monoisotopic (exact) mass is 291 g/mol. The van der Waals surface area contributed by atoms with Crippen LogP contribution in [0.4, 0.5) is 0 Å². The maximum absolute atomic E-state index is 9.76. The fourth-order valence-corrected chi connectivity index (χ4v) is 3.28. The number of hydrogen-bond acceptors (Lipinski definition) is 3. The van der Waals surface area contributed by atoms with Crippen LogP contribution >= 0.6 is 0 Å². The molecule has 1 aliphatic rings. The van der Waals surface area contributed by atoms with Gasteiger partial charge in [0.2, 0.25) is 0 Å². The summed E-state index contributed by atoms with van der Waals surface area (Å²) < 4.78 is 6.20. The van der Waals surface area contributed by atoms with Crippen molar-refractivity contribution in [2.45, 2.75) is 64.0 Å². The molecule has 118 valence electrons. The van der Waals surface area contributed by atoms with E-state index >= 15 is 0 Å². The van der Waals surface area contributed by atoms with Gasteiger partial charge in [0.1, 0.15) is 11.9 Å². The highest BCUT2D eigenvalue weighted by atomic mass is 16.5. The summed E-state index contributed by atoms with van der Waals surface area (Å²) in [5, 5.41) is 13.2. The lowest BCUT2D eigenvalue weighted by atomic mass is 9.80. The summed E-state index contributed by atoms with van der Waals surface area (Å²) in [7, 11) is 0. The van der Waals surface area contributed by atoms with Crippen LogP contribution in [-0.2, 0) is 0 Å². The topological polar surface area (TPSA) is 41.5 Å². The van der Waals surface area contributed by atoms with Gasteiger partial charge in [-0.25, -0.2) is 0 Å². The van der Waals surface area contributed by atoms with Crippen molar-refractivity contribution in [3.05, 3.63) is 29.8 Å². The first-order valence-electron chi connectivity index (χ1n) is 8.21. The van der Waals surface area contributed by atoms with Gasteiger partial charge in [-0.05, 0) is 49.4 Å². The second-order valence-corrected chi connectivity index (χ2v) is 6.53. The van der Waals surface area contributed by atoms with Gasteiger partial charge in [0, 0.05) is 12.0 Å². The highest BCUT2D eigenvalue weighted by Gasteiger charge is 2.36. The van der Waals surface area contributed by atoms with Crippen LogP contribution in [-0.4, -0.2) is 29.9 Å². The van der Waals surface area contributed by atoms with E-state index in [-0.39, 0.29) is 18.2 Å². The Kier molecular flexibility index (Phi) is 5.65. The van der Waals surface area contributed by atoms with Gasteiger partial charge in [0.25, 0.3) is 0 Å². The standard InChI is InChI=1S/C18H29NO2/c1-4-19-18(13-20)10-6-9-17(12-18)21-16-8-5-7-15(11-16)14(2)3/h5,7-8,11,14,17,19-20H,4,6,9-10,12-13H2,1-3H3. The number of rotatable bonds is 6. The molecule has 3 nitrogen and oxygen atoms in total. The number of likely N-dealkylation sites (N-methyl/N-ethyl adjacent to an activating group) is 1. The molecule has 21 heavy (non-hydrogen) atoms. The van der Waals surface area contributed by atoms with E-state index in [2.05, 4.69) is 44.3 Å². The summed E-state index contributed by atoms with van der Waals surface area (Å²) in [5.74, 6) is 1.47. The molecule has 0 heterocycles. The first-order valence-corrected chi connectivity index (χ1v) is 8.21. The quantitative estimate of drug-likeness (QED) is 0.843. The van der Waals surface area contributed by atoms with E-state index in [9.17, 15) is 5.11 Å². The summed E-state index contributed by atoms with van der Waals surface area (Å²) in [4.78, 5) is 0. The molecule has 2 unspecified atom stereocenters. The minimum Gasteiger partial charge on any atom is -0.490 e. The van der Waals surface area contributed by atoms with Crippen molar-refractivity contribution in [2.24, 2.45) is 0 Å². The molecule has 1 aromatic rings. The molecule has 0 spiro atoms. The molecule has 2 atom stereocenters. The van der Waals surface area contributed by atoms with Gasteiger partial charge in [-0.3, -0.25) is 0 Å². The number of ether oxygens (including phenoxy) is 1. The van der Waals surface area contributed by atoms with Gasteiger partial charge >= 0.3 is 0 Å². The zero-order valence-electron chi connectivity index (χ0n) is 13.6. The molecule has 0 aromatic heterocycles. The SMILES string of the molecule is CCNC1(CO)CCCC(Oc2cccc(C(C)C)c2)C1. The van der Waals surface area contributed by atoms with Crippen molar-refractivity contribution in [3.63, 3.8) is 0 Å². The van der Waals surface area contributed by atoms with E-state index in [4.69, 9.17) is 4.74 Å². The lowest BCUT2D eigenvalue weighted by Crippen LogP contribution is -2.53. The van der Waals surface area contributed by atoms with Crippen molar-refractivity contribution in [1.82, 2.24) is 5.32 Å². The third-order valence-electron chi connectivity index (χ3n) is 4.48. The molecule has 3 heteroatoms. The largest absolute Gasteiger partial charge is 0.490 e. The third kappa shape index (κ3) is 4.21. The molecule has 1 aromatic carbocycles. The van der Waals surface area contributed by atoms with Crippen molar-refractivity contribution in [3.8, 4) is 5.75 Å². The summed E-state index contributed by atoms with van der Waals surface area (Å²) in [6.07, 6.45) is 4.26. The van der Waals surface area contributed by atoms with Gasteiger partial charge in [-0.1, -0.05) is 32.9 Å². The predicted molar refractivity (Wildman–Crippen MR) is 86.9 cm³/mol. The Labute approximate surface area is 128 Å². The smallest absolute Gasteiger partial charge is 0.120 e. The Bertz CT molecular complexity index is 443. The molecule has 0 radical (unpaired) electrons. The van der Waals surface area contributed by atoms with Crippen LogP contribution in [0.15, 0.2) is 24.3 Å². The van der Waals surface area contributed by atoms with Crippen LogP contribution in [0, 0.1) is 0 Å². The van der Waals surface area contributed by atoms with Crippen molar-refractivity contribution in [2.75, 3.05) is 13.2 Å². The zero-order valence-corrected chi connectivity index (χ0v) is 13.6. The first-order chi connectivity index (χ1) is 10.1. The molecule has 0 saturated heterocycles. The highest BCUT2D eigenvalue weighted by Crippen LogP contribution is 2.31. The lowest BCUT2D eigenvalue weighted by molar-refractivity contribution is 0.0519. The Hall–Kier alpha value is -1.06. The summed E-state index contributed by atoms with van der Waals surface area (Å²) in [5.41, 5.74) is 1.15. The molecule has 2 rings (SSSR count). The first kappa shape index (κ1) is 16.3. The van der Waals surface area contributed by atoms with E-state index in [0.717, 1.165) is 38.0 Å². The third-order valence-corrected chi connectivity index (χ3v) is 4.48. The maximum Gasteiger partial charge on any atom is 0.120 e. The van der Waals surface area contributed by atoms with Gasteiger partial charge in [0.05, 0.1) is 6.61 Å². The fraction of sp³-hybridized carbons (Fsp3) is 0.667. The molecular weight excluding hydrogens is 262 g/mol. The van der Waals surface area contributed by atoms with Gasteiger partial charge in [0.15, 0.2) is 0 Å². The highest BCUT2D eigenvalue weighted by molar-refractivity contribution is 5.30. The Morgan fingerprint density at radius 1 is 1.43 bits per heavy atom. The van der Waals surface area contributed by atoms with Crippen LogP contribution in [0.2, 0.25) is 0 Å². The van der Waals surface area contributed by atoms with Crippen molar-refractivity contribution >= 4 is 0 Å². The molecule has 1 saturated carbocycles. The number of nitrogens with one attached hydrogen (secondary N) is 1. The Balaban J connectivity index is 2.03. The molecule has 0 aliphatic heterocycles. The van der Waals surface area contributed by atoms with E-state index in [0.29, 0.717) is 5.92 Å². The van der Waals surface area contributed by atoms with E-state index < -0.39 is 0 Å². The number of aliphatic hydroxyl groups is 1. The Morgan fingerprint density at radius 3 is 2.90 bits per heavy atom. The zero-order chi connectivity index (χ0) is 15.3. The van der Waals surface area contributed by atoms with E-state index in [1.807, 2.05) is 6.07 Å². The second kappa shape index (κ2) is 7.28. The van der Waals surface area contributed by atoms with Crippen LogP contribution < -0.4 is 10.1 Å². The van der Waals surface area contributed by atoms with Gasteiger partial charge < -0.3 is 15.2 Å². The molecule has 1 aliphatic carbocycles. The minimum absolute atomic E-state index is 0.159. The number of benzene rings is 1. The normalized spacial score (nSPS) is 26.0. The summed E-state index contributed by atoms with van der Waals surface area (Å²) in [6.45, 7) is 7.56. The second-order valence-electron chi connectivity index (χ2n) is 6.53. The van der Waals surface area contributed by atoms with E-state index in [1.165, 1.54) is 5.56 Å². The lowest BCUT2D eigenvalue weighted by Gasteiger charge is -2.40. The van der Waals surface area contributed by atoms with Crippen LogP contribution in [0.3, 0.4) is 0 Å². The predicted octanol–water partition coefficient (Wildman–Crippen LogP) is 3.47. The average Bonchev–Trinajstić information content (AvgIpc) is 2.48. The molecule has 1 fully saturated rings. The van der Waals surface area contributed by atoms with Crippen LogP contribution in [0.5, 0.6) is 5.75 Å². The molecular formula is C18H29NO2. The molecule has 2 N–H and O–H groups in total. The summed E-state index contributed by atoms with van der Waals surface area (Å²) >= 11 is 0.